The van der Waals surface area contributed by atoms with Crippen LogP contribution in [0.4, 0.5) is 0 Å². The first-order valence-electron chi connectivity index (χ1n) is 28.3. The quantitative estimate of drug-likeness (QED) is 0.0195. The van der Waals surface area contributed by atoms with Gasteiger partial charge in [-0.1, -0.05) is 234 Å². The number of allylic oxidation sites excluding steroid dienone is 14. The third-order valence-corrected chi connectivity index (χ3v) is 12.9. The minimum Gasteiger partial charge on any atom is -0.756 e. The fourth-order valence-electron chi connectivity index (χ4n) is 7.58. The Morgan fingerprint density at radius 2 is 0.814 bits per heavy atom. The second kappa shape index (κ2) is 51.1. The Balaban J connectivity index is 4.11. The number of esters is 2. The van der Waals surface area contributed by atoms with Crippen molar-refractivity contribution < 1.29 is 42.1 Å². The summed E-state index contributed by atoms with van der Waals surface area (Å²) in [6, 6.07) is 0. The van der Waals surface area contributed by atoms with Gasteiger partial charge in [-0.15, -0.1) is 0 Å². The van der Waals surface area contributed by atoms with Crippen LogP contribution in [-0.4, -0.2) is 70.0 Å². The standard InChI is InChI=1S/C60H106NO8P/c1-6-8-10-12-14-16-18-20-21-22-23-24-25-26-27-28-29-30-31-32-33-34-35-36-37-38-39-41-43-45-47-49-51-53-60(63)69-58(57-68-70(64,65)67-55-54-61(3,4)5)56-66-59(62)52-50-48-46-44-42-40-19-17-15-13-11-9-7-2/h8,10,14,16,20-21,23-24,26-27,29-30,32-33,58H,6-7,9,11-13,15,17-19,22,25,28,31,34-57H2,1-5H3/b10-8-,16-14-,21-20-,24-23-,27-26-,30-29-,33-32-. The molecule has 0 saturated heterocycles. The van der Waals surface area contributed by atoms with Crippen LogP contribution in [0.3, 0.4) is 0 Å². The van der Waals surface area contributed by atoms with Gasteiger partial charge in [0.1, 0.15) is 19.8 Å². The molecule has 9 nitrogen and oxygen atoms in total. The average molecular weight is 1000 g/mol. The van der Waals surface area contributed by atoms with Crippen LogP contribution < -0.4 is 4.89 Å². The summed E-state index contributed by atoms with van der Waals surface area (Å²) >= 11 is 0. The number of rotatable bonds is 51. The molecule has 0 aromatic carbocycles. The van der Waals surface area contributed by atoms with Crippen LogP contribution in [0.15, 0.2) is 85.1 Å². The van der Waals surface area contributed by atoms with Gasteiger partial charge in [-0.3, -0.25) is 14.2 Å². The number of carbonyl (C=O) groups excluding carboxylic acids is 2. The Morgan fingerprint density at radius 3 is 1.21 bits per heavy atom. The van der Waals surface area contributed by atoms with Gasteiger partial charge >= 0.3 is 11.9 Å². The van der Waals surface area contributed by atoms with Crippen LogP contribution in [-0.2, 0) is 32.7 Å². The Hall–Kier alpha value is -2.81. The van der Waals surface area contributed by atoms with Crippen LogP contribution in [0.2, 0.25) is 0 Å². The van der Waals surface area contributed by atoms with Gasteiger partial charge in [0.2, 0.25) is 0 Å². The molecule has 0 aromatic rings. The van der Waals surface area contributed by atoms with Gasteiger partial charge < -0.3 is 27.9 Å². The van der Waals surface area contributed by atoms with Crippen LogP contribution in [0, 0.1) is 0 Å². The van der Waals surface area contributed by atoms with Crippen LogP contribution in [0.5, 0.6) is 0 Å². The smallest absolute Gasteiger partial charge is 0.306 e. The minimum atomic E-state index is -4.63. The Morgan fingerprint density at radius 1 is 0.457 bits per heavy atom. The molecular formula is C60H106NO8P. The van der Waals surface area contributed by atoms with Gasteiger partial charge in [-0.05, 0) is 70.6 Å². The largest absolute Gasteiger partial charge is 0.756 e. The second-order valence-corrected chi connectivity index (χ2v) is 21.3. The number of likely N-dealkylation sites (N-methyl/N-ethyl adjacent to an activating group) is 1. The van der Waals surface area contributed by atoms with E-state index in [0.29, 0.717) is 17.4 Å². The molecule has 2 atom stereocenters. The van der Waals surface area contributed by atoms with Gasteiger partial charge in [0.05, 0.1) is 27.7 Å². The van der Waals surface area contributed by atoms with Crippen LogP contribution in [0.1, 0.15) is 232 Å². The monoisotopic (exact) mass is 1000 g/mol. The zero-order chi connectivity index (χ0) is 51.3. The SMILES string of the molecule is CC/C=C\C/C=C\C/C=C\C/C=C\C/C=C\C/C=C\C/C=C\CCCCCCCCCCCCCC(=O)OC(COC(=O)CCCCCCCCCCCCCCC)COP(=O)([O-])OCC[N+](C)(C)C. The number of ether oxygens (including phenoxy) is 2. The molecule has 2 unspecified atom stereocenters. The molecule has 0 heterocycles. The number of hydrogen-bond donors (Lipinski definition) is 0. The van der Waals surface area contributed by atoms with Gasteiger partial charge in [-0.25, -0.2) is 0 Å². The number of unbranched alkanes of at least 4 members (excludes halogenated alkanes) is 23. The maximum Gasteiger partial charge on any atom is 0.306 e. The highest BCUT2D eigenvalue weighted by Crippen LogP contribution is 2.38. The maximum atomic E-state index is 12.8. The molecule has 0 bridgehead atoms. The normalized spacial score (nSPS) is 14.0. The number of nitrogens with zero attached hydrogens (tertiary/aromatic N) is 1. The van der Waals surface area contributed by atoms with Crippen molar-refractivity contribution >= 4 is 19.8 Å². The fourth-order valence-corrected chi connectivity index (χ4v) is 8.31. The minimum absolute atomic E-state index is 0.0331. The zero-order valence-corrected chi connectivity index (χ0v) is 46.6. The molecule has 0 aliphatic carbocycles. The van der Waals surface area contributed by atoms with Crippen molar-refractivity contribution in [2.24, 2.45) is 0 Å². The Labute approximate surface area is 431 Å². The van der Waals surface area contributed by atoms with Gasteiger partial charge in [-0.2, -0.15) is 0 Å². The van der Waals surface area contributed by atoms with E-state index in [1.807, 2.05) is 21.1 Å². The van der Waals surface area contributed by atoms with E-state index in [2.05, 4.69) is 98.9 Å². The summed E-state index contributed by atoms with van der Waals surface area (Å²) in [5.74, 6) is -0.835. The molecule has 70 heavy (non-hydrogen) atoms. The predicted octanol–water partition coefficient (Wildman–Crippen LogP) is 16.8. The maximum absolute atomic E-state index is 12.8. The summed E-state index contributed by atoms with van der Waals surface area (Å²) in [6.07, 6.45) is 67.7. The highest BCUT2D eigenvalue weighted by Gasteiger charge is 2.21. The summed E-state index contributed by atoms with van der Waals surface area (Å²) in [4.78, 5) is 37.8. The summed E-state index contributed by atoms with van der Waals surface area (Å²) in [5.41, 5.74) is 0. The third-order valence-electron chi connectivity index (χ3n) is 11.9. The number of quaternary nitrogens is 1. The summed E-state index contributed by atoms with van der Waals surface area (Å²) in [6.45, 7) is 4.12. The highest BCUT2D eigenvalue weighted by molar-refractivity contribution is 7.45. The molecule has 10 heteroatoms. The molecule has 0 rings (SSSR count). The van der Waals surface area contributed by atoms with Crippen molar-refractivity contribution in [3.05, 3.63) is 85.1 Å². The first-order chi connectivity index (χ1) is 34.0. The van der Waals surface area contributed by atoms with Crippen molar-refractivity contribution in [1.82, 2.24) is 0 Å². The van der Waals surface area contributed by atoms with E-state index in [0.717, 1.165) is 89.9 Å². The second-order valence-electron chi connectivity index (χ2n) is 19.9. The topological polar surface area (TPSA) is 111 Å². The lowest BCUT2D eigenvalue weighted by Gasteiger charge is -2.28. The molecule has 0 aliphatic rings. The first-order valence-corrected chi connectivity index (χ1v) is 29.8. The Bertz CT molecular complexity index is 1460. The Kier molecular flexibility index (Phi) is 49.1. The van der Waals surface area contributed by atoms with Gasteiger partial charge in [0, 0.05) is 12.8 Å². The molecule has 0 radical (unpaired) electrons. The van der Waals surface area contributed by atoms with Gasteiger partial charge in [0.15, 0.2) is 6.10 Å². The molecule has 0 amide bonds. The lowest BCUT2D eigenvalue weighted by molar-refractivity contribution is -0.870. The van der Waals surface area contributed by atoms with E-state index in [1.54, 1.807) is 0 Å². The summed E-state index contributed by atoms with van der Waals surface area (Å²) in [5, 5.41) is 0. The van der Waals surface area contributed by atoms with Crippen LogP contribution >= 0.6 is 7.82 Å². The predicted molar refractivity (Wildman–Crippen MR) is 296 cm³/mol. The van der Waals surface area contributed by atoms with Crippen molar-refractivity contribution in [1.29, 1.82) is 0 Å². The number of phosphoric acid groups is 1. The van der Waals surface area contributed by atoms with E-state index in [4.69, 9.17) is 18.5 Å². The molecular weight excluding hydrogens is 894 g/mol. The zero-order valence-electron chi connectivity index (χ0n) is 45.7. The van der Waals surface area contributed by atoms with E-state index < -0.39 is 26.5 Å². The fraction of sp³-hybridized carbons (Fsp3) is 0.733. The number of phosphoric ester groups is 1. The highest BCUT2D eigenvalue weighted by atomic mass is 31.2. The lowest BCUT2D eigenvalue weighted by Crippen LogP contribution is -2.37. The van der Waals surface area contributed by atoms with Crippen molar-refractivity contribution in [2.45, 2.75) is 238 Å². The lowest BCUT2D eigenvalue weighted by atomic mass is 10.0. The number of hydrogen-bond acceptors (Lipinski definition) is 8. The average Bonchev–Trinajstić information content (AvgIpc) is 3.32. The first kappa shape index (κ1) is 67.2. The molecule has 0 aromatic heterocycles. The third kappa shape index (κ3) is 54.5. The molecule has 0 aliphatic heterocycles. The van der Waals surface area contributed by atoms with E-state index in [1.165, 1.54) is 109 Å². The van der Waals surface area contributed by atoms with E-state index in [-0.39, 0.29) is 32.0 Å². The van der Waals surface area contributed by atoms with E-state index in [9.17, 15) is 19.0 Å². The van der Waals surface area contributed by atoms with Gasteiger partial charge in [0.25, 0.3) is 7.82 Å². The molecule has 0 spiro atoms. The number of carbonyl (C=O) groups is 2. The summed E-state index contributed by atoms with van der Waals surface area (Å²) in [7, 11) is 1.16. The van der Waals surface area contributed by atoms with E-state index >= 15 is 0 Å². The molecule has 404 valence electrons. The van der Waals surface area contributed by atoms with Crippen molar-refractivity contribution in [2.75, 3.05) is 47.5 Å². The van der Waals surface area contributed by atoms with Crippen molar-refractivity contribution in [3.8, 4) is 0 Å². The molecule has 0 N–H and O–H groups in total. The molecule has 0 fully saturated rings. The molecule has 0 saturated carbocycles. The summed E-state index contributed by atoms with van der Waals surface area (Å²) < 4.78 is 34.1. The van der Waals surface area contributed by atoms with Crippen molar-refractivity contribution in [3.63, 3.8) is 0 Å². The van der Waals surface area contributed by atoms with Crippen LogP contribution in [0.25, 0.3) is 0 Å².